The Balaban J connectivity index is 1.52. The number of rotatable bonds is 4. The molecular weight excluding hydrogens is 324 g/mol. The lowest BCUT2D eigenvalue weighted by Crippen LogP contribution is -2.46. The molecule has 1 aliphatic rings. The number of amides is 2. The Hall–Kier alpha value is -2.34. The van der Waals surface area contributed by atoms with E-state index in [-0.39, 0.29) is 17.9 Å². The summed E-state index contributed by atoms with van der Waals surface area (Å²) < 4.78 is 5.11. The standard InChI is InChI=1S/C18H20N2O3S/c1-23-15-6-4-13(5-7-15)18(22)20-10-8-14(9-11-20)19-17(21)16-3-2-12-24-16/h2-7,12,14H,8-11H2,1H3,(H,19,21). The zero-order valence-electron chi connectivity index (χ0n) is 13.5. The fourth-order valence-corrected chi connectivity index (χ4v) is 3.43. The number of ether oxygens (including phenoxy) is 1. The number of likely N-dealkylation sites (tertiary alicyclic amines) is 1. The van der Waals surface area contributed by atoms with Gasteiger partial charge in [-0.15, -0.1) is 11.3 Å². The van der Waals surface area contributed by atoms with Gasteiger partial charge in [0.15, 0.2) is 0 Å². The highest BCUT2D eigenvalue weighted by atomic mass is 32.1. The minimum absolute atomic E-state index is 0.0232. The molecule has 2 aromatic rings. The Morgan fingerprint density at radius 3 is 2.46 bits per heavy atom. The van der Waals surface area contributed by atoms with Crippen LogP contribution in [0.15, 0.2) is 41.8 Å². The van der Waals surface area contributed by atoms with E-state index in [2.05, 4.69) is 5.32 Å². The highest BCUT2D eigenvalue weighted by Gasteiger charge is 2.25. The van der Waals surface area contributed by atoms with Gasteiger partial charge in [-0.2, -0.15) is 0 Å². The minimum atomic E-state index is -0.0232. The first-order chi connectivity index (χ1) is 11.7. The number of benzene rings is 1. The molecule has 0 unspecified atom stereocenters. The molecule has 0 atom stereocenters. The van der Waals surface area contributed by atoms with Crippen LogP contribution in [0.1, 0.15) is 32.9 Å². The number of nitrogens with zero attached hydrogens (tertiary/aromatic N) is 1. The largest absolute Gasteiger partial charge is 0.497 e. The van der Waals surface area contributed by atoms with Gasteiger partial charge in [-0.05, 0) is 48.6 Å². The molecule has 1 fully saturated rings. The molecule has 3 rings (SSSR count). The molecule has 1 aromatic carbocycles. The molecule has 0 aliphatic carbocycles. The molecule has 5 nitrogen and oxygen atoms in total. The fraction of sp³-hybridized carbons (Fsp3) is 0.333. The quantitative estimate of drug-likeness (QED) is 0.928. The van der Waals surface area contributed by atoms with Gasteiger partial charge in [-0.3, -0.25) is 9.59 Å². The van der Waals surface area contributed by atoms with Crippen molar-refractivity contribution in [1.82, 2.24) is 10.2 Å². The molecule has 2 amide bonds. The summed E-state index contributed by atoms with van der Waals surface area (Å²) >= 11 is 1.44. The highest BCUT2D eigenvalue weighted by molar-refractivity contribution is 7.12. The molecule has 0 radical (unpaired) electrons. The van der Waals surface area contributed by atoms with Crippen molar-refractivity contribution in [3.8, 4) is 5.75 Å². The molecule has 126 valence electrons. The van der Waals surface area contributed by atoms with E-state index in [9.17, 15) is 9.59 Å². The van der Waals surface area contributed by atoms with E-state index < -0.39 is 0 Å². The van der Waals surface area contributed by atoms with Crippen LogP contribution in [0, 0.1) is 0 Å². The number of thiophene rings is 1. The van der Waals surface area contributed by atoms with Gasteiger partial charge < -0.3 is 15.0 Å². The van der Waals surface area contributed by atoms with Gasteiger partial charge in [0.25, 0.3) is 11.8 Å². The molecule has 0 saturated carbocycles. The topological polar surface area (TPSA) is 58.6 Å². The third-order valence-electron chi connectivity index (χ3n) is 4.20. The highest BCUT2D eigenvalue weighted by Crippen LogP contribution is 2.17. The van der Waals surface area contributed by atoms with E-state index in [0.717, 1.165) is 23.5 Å². The normalized spacial score (nSPS) is 15.1. The van der Waals surface area contributed by atoms with Crippen molar-refractivity contribution in [3.05, 3.63) is 52.2 Å². The van der Waals surface area contributed by atoms with Crippen molar-refractivity contribution in [2.45, 2.75) is 18.9 Å². The lowest BCUT2D eigenvalue weighted by atomic mass is 10.0. The van der Waals surface area contributed by atoms with Crippen LogP contribution in [0.4, 0.5) is 0 Å². The summed E-state index contributed by atoms with van der Waals surface area (Å²) in [5, 5.41) is 4.95. The zero-order valence-corrected chi connectivity index (χ0v) is 14.3. The predicted molar refractivity (Wildman–Crippen MR) is 93.7 cm³/mol. The van der Waals surface area contributed by atoms with Crippen LogP contribution in [0.3, 0.4) is 0 Å². The summed E-state index contributed by atoms with van der Waals surface area (Å²) in [6.07, 6.45) is 1.55. The predicted octanol–water partition coefficient (Wildman–Crippen LogP) is 2.79. The van der Waals surface area contributed by atoms with E-state index >= 15 is 0 Å². The van der Waals surface area contributed by atoms with Crippen LogP contribution in [-0.4, -0.2) is 43.0 Å². The van der Waals surface area contributed by atoms with Gasteiger partial charge in [0.2, 0.25) is 0 Å². The van der Waals surface area contributed by atoms with Crippen LogP contribution in [-0.2, 0) is 0 Å². The minimum Gasteiger partial charge on any atom is -0.497 e. The lowest BCUT2D eigenvalue weighted by Gasteiger charge is -2.32. The van der Waals surface area contributed by atoms with Gasteiger partial charge in [0.1, 0.15) is 5.75 Å². The van der Waals surface area contributed by atoms with E-state index in [0.29, 0.717) is 18.7 Å². The van der Waals surface area contributed by atoms with Crippen molar-refractivity contribution >= 4 is 23.2 Å². The zero-order chi connectivity index (χ0) is 16.9. The molecule has 1 aliphatic heterocycles. The maximum atomic E-state index is 12.5. The number of piperidine rings is 1. The van der Waals surface area contributed by atoms with E-state index in [1.165, 1.54) is 11.3 Å². The molecule has 1 aromatic heterocycles. The Morgan fingerprint density at radius 2 is 1.88 bits per heavy atom. The number of hydrogen-bond donors (Lipinski definition) is 1. The van der Waals surface area contributed by atoms with Crippen LogP contribution in [0.5, 0.6) is 5.75 Å². The second-order valence-electron chi connectivity index (χ2n) is 5.75. The first-order valence-electron chi connectivity index (χ1n) is 7.95. The molecule has 2 heterocycles. The third kappa shape index (κ3) is 3.76. The SMILES string of the molecule is COc1ccc(C(=O)N2CCC(NC(=O)c3cccs3)CC2)cc1. The average Bonchev–Trinajstić information content (AvgIpc) is 3.17. The summed E-state index contributed by atoms with van der Waals surface area (Å²) in [6.45, 7) is 1.31. The van der Waals surface area contributed by atoms with Crippen LogP contribution in [0.25, 0.3) is 0 Å². The first kappa shape index (κ1) is 16.5. The summed E-state index contributed by atoms with van der Waals surface area (Å²) in [6, 6.07) is 11.0. The van der Waals surface area contributed by atoms with Crippen LogP contribution >= 0.6 is 11.3 Å². The van der Waals surface area contributed by atoms with Gasteiger partial charge in [0, 0.05) is 24.7 Å². The summed E-state index contributed by atoms with van der Waals surface area (Å²) in [7, 11) is 1.60. The second kappa shape index (κ2) is 7.49. The number of carbonyl (C=O) groups is 2. The Labute approximate surface area is 145 Å². The van der Waals surface area contributed by atoms with E-state index in [4.69, 9.17) is 4.74 Å². The van der Waals surface area contributed by atoms with E-state index in [1.54, 1.807) is 31.4 Å². The van der Waals surface area contributed by atoms with Crippen LogP contribution in [0.2, 0.25) is 0 Å². The molecular formula is C18H20N2O3S. The molecule has 24 heavy (non-hydrogen) atoms. The summed E-state index contributed by atoms with van der Waals surface area (Å²) in [4.78, 5) is 27.2. The van der Waals surface area contributed by atoms with Crippen molar-refractivity contribution in [3.63, 3.8) is 0 Å². The van der Waals surface area contributed by atoms with Crippen molar-refractivity contribution < 1.29 is 14.3 Å². The van der Waals surface area contributed by atoms with Gasteiger partial charge >= 0.3 is 0 Å². The van der Waals surface area contributed by atoms with Crippen molar-refractivity contribution in [2.24, 2.45) is 0 Å². The Bertz CT molecular complexity index is 690. The fourth-order valence-electron chi connectivity index (χ4n) is 2.81. The van der Waals surface area contributed by atoms with Crippen molar-refractivity contribution in [2.75, 3.05) is 20.2 Å². The number of nitrogens with one attached hydrogen (secondary N) is 1. The third-order valence-corrected chi connectivity index (χ3v) is 5.07. The van der Waals surface area contributed by atoms with Gasteiger partial charge in [0.05, 0.1) is 12.0 Å². The maximum absolute atomic E-state index is 12.5. The number of carbonyl (C=O) groups excluding carboxylic acids is 2. The molecule has 0 bridgehead atoms. The average molecular weight is 344 g/mol. The van der Waals surface area contributed by atoms with Gasteiger partial charge in [-0.1, -0.05) is 6.07 Å². The first-order valence-corrected chi connectivity index (χ1v) is 8.83. The number of hydrogen-bond acceptors (Lipinski definition) is 4. The smallest absolute Gasteiger partial charge is 0.261 e. The second-order valence-corrected chi connectivity index (χ2v) is 6.69. The molecule has 6 heteroatoms. The maximum Gasteiger partial charge on any atom is 0.261 e. The Kier molecular flexibility index (Phi) is 5.15. The van der Waals surface area contributed by atoms with Crippen LogP contribution < -0.4 is 10.1 Å². The molecule has 1 N–H and O–H groups in total. The Morgan fingerprint density at radius 1 is 1.17 bits per heavy atom. The number of methoxy groups -OCH3 is 1. The molecule has 1 saturated heterocycles. The van der Waals surface area contributed by atoms with Gasteiger partial charge in [-0.25, -0.2) is 0 Å². The summed E-state index contributed by atoms with van der Waals surface area (Å²) in [5.74, 6) is 0.743. The van der Waals surface area contributed by atoms with E-state index in [1.807, 2.05) is 22.4 Å². The van der Waals surface area contributed by atoms with Crippen molar-refractivity contribution in [1.29, 1.82) is 0 Å². The molecule has 0 spiro atoms. The lowest BCUT2D eigenvalue weighted by molar-refractivity contribution is 0.0698. The monoisotopic (exact) mass is 344 g/mol. The summed E-state index contributed by atoms with van der Waals surface area (Å²) in [5.41, 5.74) is 0.664.